The SMILES string of the molecule is O=NOc1cccc2oc3ccccc3c12. The molecule has 0 saturated carbocycles. The molecule has 1 heterocycles. The minimum absolute atomic E-state index is 0.414. The van der Waals surface area contributed by atoms with Crippen LogP contribution in [0.5, 0.6) is 5.75 Å². The molecule has 0 bridgehead atoms. The van der Waals surface area contributed by atoms with Crippen molar-refractivity contribution in [3.63, 3.8) is 0 Å². The number of para-hydroxylation sites is 1. The summed E-state index contributed by atoms with van der Waals surface area (Å²) in [6.07, 6.45) is 0. The Morgan fingerprint density at radius 1 is 1.00 bits per heavy atom. The van der Waals surface area contributed by atoms with Crippen molar-refractivity contribution < 1.29 is 9.25 Å². The summed E-state index contributed by atoms with van der Waals surface area (Å²) in [5, 5.41) is 4.14. The molecule has 16 heavy (non-hydrogen) atoms. The van der Waals surface area contributed by atoms with Crippen LogP contribution >= 0.6 is 0 Å². The van der Waals surface area contributed by atoms with Crippen molar-refractivity contribution in [3.8, 4) is 5.75 Å². The highest BCUT2D eigenvalue weighted by atomic mass is 16.7. The zero-order valence-electron chi connectivity index (χ0n) is 8.21. The molecule has 0 aliphatic carbocycles. The van der Waals surface area contributed by atoms with E-state index < -0.39 is 0 Å². The maximum atomic E-state index is 10.2. The molecule has 78 valence electrons. The van der Waals surface area contributed by atoms with Gasteiger partial charge in [-0.3, -0.25) is 0 Å². The van der Waals surface area contributed by atoms with Crippen LogP contribution in [0.15, 0.2) is 52.2 Å². The van der Waals surface area contributed by atoms with Crippen molar-refractivity contribution in [3.05, 3.63) is 47.4 Å². The molecule has 1 aromatic heterocycles. The molecule has 2 aromatic carbocycles. The fraction of sp³-hybridized carbons (Fsp3) is 0. The Bertz CT molecular complexity index is 672. The summed E-state index contributed by atoms with van der Waals surface area (Å²) in [5.41, 5.74) is 1.45. The van der Waals surface area contributed by atoms with Gasteiger partial charge in [0.25, 0.3) is 0 Å². The standard InChI is InChI=1S/C12H7NO3/c14-13-16-11-7-3-6-10-12(11)8-4-1-2-5-9(8)15-10/h1-7H. The van der Waals surface area contributed by atoms with Gasteiger partial charge in [-0.15, -0.1) is 4.91 Å². The molecule has 0 unspecified atom stereocenters. The highest BCUT2D eigenvalue weighted by molar-refractivity contribution is 6.08. The van der Waals surface area contributed by atoms with Crippen LogP contribution in [0.1, 0.15) is 0 Å². The van der Waals surface area contributed by atoms with E-state index in [0.717, 1.165) is 16.4 Å². The van der Waals surface area contributed by atoms with Gasteiger partial charge in [0.05, 0.1) is 5.39 Å². The Hall–Kier alpha value is -2.36. The molecule has 0 aliphatic heterocycles. The Labute approximate surface area is 90.4 Å². The third kappa shape index (κ3) is 1.16. The second-order valence-corrected chi connectivity index (χ2v) is 3.39. The topological polar surface area (TPSA) is 51.8 Å². The molecular formula is C12H7NO3. The van der Waals surface area contributed by atoms with Gasteiger partial charge < -0.3 is 9.25 Å². The summed E-state index contributed by atoms with van der Waals surface area (Å²) in [4.78, 5) is 14.9. The second-order valence-electron chi connectivity index (χ2n) is 3.39. The highest BCUT2D eigenvalue weighted by Crippen LogP contribution is 2.35. The fourth-order valence-electron chi connectivity index (χ4n) is 1.86. The van der Waals surface area contributed by atoms with E-state index in [1.165, 1.54) is 0 Å². The number of hydrogen-bond donors (Lipinski definition) is 0. The molecule has 0 saturated heterocycles. The molecule has 4 heteroatoms. The molecule has 4 nitrogen and oxygen atoms in total. The third-order valence-corrected chi connectivity index (χ3v) is 2.50. The van der Waals surface area contributed by atoms with Crippen molar-refractivity contribution >= 4 is 21.9 Å². The number of nitrogens with zero attached hydrogens (tertiary/aromatic N) is 1. The summed E-state index contributed by atoms with van der Waals surface area (Å²) in [7, 11) is 0. The Morgan fingerprint density at radius 3 is 2.69 bits per heavy atom. The monoisotopic (exact) mass is 213 g/mol. The van der Waals surface area contributed by atoms with E-state index in [-0.39, 0.29) is 0 Å². The van der Waals surface area contributed by atoms with Crippen molar-refractivity contribution in [1.29, 1.82) is 0 Å². The van der Waals surface area contributed by atoms with Gasteiger partial charge in [0.15, 0.2) is 11.1 Å². The average Bonchev–Trinajstić information content (AvgIpc) is 2.68. The van der Waals surface area contributed by atoms with Crippen molar-refractivity contribution in [2.24, 2.45) is 5.34 Å². The van der Waals surface area contributed by atoms with Crippen LogP contribution in [-0.2, 0) is 0 Å². The normalized spacial score (nSPS) is 10.8. The molecule has 3 rings (SSSR count). The summed E-state index contributed by atoms with van der Waals surface area (Å²) < 4.78 is 5.62. The molecule has 0 radical (unpaired) electrons. The lowest BCUT2D eigenvalue weighted by Gasteiger charge is -1.96. The third-order valence-electron chi connectivity index (χ3n) is 2.50. The van der Waals surface area contributed by atoms with E-state index in [2.05, 4.69) is 5.34 Å². The van der Waals surface area contributed by atoms with E-state index in [1.54, 1.807) is 12.1 Å². The Balaban J connectivity index is 2.47. The molecule has 0 atom stereocenters. The Morgan fingerprint density at radius 2 is 1.81 bits per heavy atom. The summed E-state index contributed by atoms with van der Waals surface area (Å²) >= 11 is 0. The minimum atomic E-state index is 0.414. The lowest BCUT2D eigenvalue weighted by Crippen LogP contribution is -1.80. The maximum absolute atomic E-state index is 10.2. The van der Waals surface area contributed by atoms with Gasteiger partial charge in [0.1, 0.15) is 11.2 Å². The van der Waals surface area contributed by atoms with E-state index in [1.807, 2.05) is 30.3 Å². The molecule has 0 aliphatic rings. The number of hydrogen-bond acceptors (Lipinski definition) is 4. The average molecular weight is 213 g/mol. The van der Waals surface area contributed by atoms with Crippen LogP contribution in [0.3, 0.4) is 0 Å². The first-order valence-electron chi connectivity index (χ1n) is 4.80. The number of furan rings is 1. The van der Waals surface area contributed by atoms with Crippen molar-refractivity contribution in [1.82, 2.24) is 0 Å². The lowest BCUT2D eigenvalue weighted by molar-refractivity contribution is 0.339. The predicted octanol–water partition coefficient (Wildman–Crippen LogP) is 3.65. The molecule has 0 N–H and O–H groups in total. The van der Waals surface area contributed by atoms with Gasteiger partial charge in [0, 0.05) is 5.39 Å². The van der Waals surface area contributed by atoms with Crippen LogP contribution in [0.2, 0.25) is 0 Å². The molecule has 0 amide bonds. The second kappa shape index (κ2) is 3.34. The predicted molar refractivity (Wildman–Crippen MR) is 60.1 cm³/mol. The smallest absolute Gasteiger partial charge is 0.173 e. The van der Waals surface area contributed by atoms with Crippen LogP contribution in [0, 0.1) is 4.91 Å². The minimum Gasteiger partial charge on any atom is -0.456 e. The molecular weight excluding hydrogens is 206 g/mol. The van der Waals surface area contributed by atoms with Gasteiger partial charge in [-0.1, -0.05) is 24.3 Å². The van der Waals surface area contributed by atoms with Crippen molar-refractivity contribution in [2.75, 3.05) is 0 Å². The zero-order valence-corrected chi connectivity index (χ0v) is 8.21. The number of fused-ring (bicyclic) bond motifs is 3. The van der Waals surface area contributed by atoms with Gasteiger partial charge in [-0.25, -0.2) is 0 Å². The quantitative estimate of drug-likeness (QED) is 0.482. The van der Waals surface area contributed by atoms with Gasteiger partial charge in [0.2, 0.25) is 0 Å². The first kappa shape index (κ1) is 8.91. The maximum Gasteiger partial charge on any atom is 0.173 e. The summed E-state index contributed by atoms with van der Waals surface area (Å²) in [6, 6.07) is 12.8. The first-order valence-corrected chi connectivity index (χ1v) is 4.80. The molecule has 3 aromatic rings. The first-order chi connectivity index (χ1) is 7.90. The van der Waals surface area contributed by atoms with Gasteiger partial charge >= 0.3 is 0 Å². The molecule has 0 spiro atoms. The number of rotatable bonds is 2. The Kier molecular flexibility index (Phi) is 1.86. The van der Waals surface area contributed by atoms with Crippen LogP contribution in [0.4, 0.5) is 0 Å². The number of benzene rings is 2. The van der Waals surface area contributed by atoms with E-state index in [9.17, 15) is 4.91 Å². The van der Waals surface area contributed by atoms with Crippen molar-refractivity contribution in [2.45, 2.75) is 0 Å². The van der Waals surface area contributed by atoms with Crippen LogP contribution < -0.4 is 4.84 Å². The van der Waals surface area contributed by atoms with Gasteiger partial charge in [-0.05, 0) is 18.2 Å². The fourth-order valence-corrected chi connectivity index (χ4v) is 1.86. The van der Waals surface area contributed by atoms with Gasteiger partial charge in [-0.2, -0.15) is 0 Å². The highest BCUT2D eigenvalue weighted by Gasteiger charge is 2.11. The van der Waals surface area contributed by atoms with E-state index in [4.69, 9.17) is 9.25 Å². The van der Waals surface area contributed by atoms with E-state index >= 15 is 0 Å². The summed E-state index contributed by atoms with van der Waals surface area (Å²) in [5.74, 6) is 0.414. The van der Waals surface area contributed by atoms with Crippen LogP contribution in [-0.4, -0.2) is 0 Å². The zero-order chi connectivity index (χ0) is 11.0. The largest absolute Gasteiger partial charge is 0.456 e. The van der Waals surface area contributed by atoms with E-state index in [0.29, 0.717) is 11.3 Å². The molecule has 0 fully saturated rings. The van der Waals surface area contributed by atoms with Crippen LogP contribution in [0.25, 0.3) is 21.9 Å². The summed E-state index contributed by atoms with van der Waals surface area (Å²) in [6.45, 7) is 0. The lowest BCUT2D eigenvalue weighted by atomic mass is 10.1.